The Morgan fingerprint density at radius 3 is 2.81 bits per heavy atom. The van der Waals surface area contributed by atoms with Crippen molar-refractivity contribution >= 4 is 38.9 Å². The number of aromatic amines is 1. The summed E-state index contributed by atoms with van der Waals surface area (Å²) < 4.78 is 27.4. The van der Waals surface area contributed by atoms with Crippen LogP contribution in [0.4, 0.5) is 5.82 Å². The quantitative estimate of drug-likeness (QED) is 0.636. The van der Waals surface area contributed by atoms with Gasteiger partial charge in [-0.2, -0.15) is 9.57 Å². The molecule has 0 unspecified atom stereocenters. The molecule has 1 aliphatic heterocycles. The molecule has 2 aromatic heterocycles. The smallest absolute Gasteiger partial charge is 0.215 e. The van der Waals surface area contributed by atoms with E-state index < -0.39 is 10.0 Å². The van der Waals surface area contributed by atoms with Crippen molar-refractivity contribution in [2.75, 3.05) is 23.7 Å². The highest BCUT2D eigenvalue weighted by Crippen LogP contribution is 2.50. The molecule has 0 aromatic carbocycles. The number of H-pyrrole nitrogens is 1. The molecule has 1 amide bonds. The summed E-state index contributed by atoms with van der Waals surface area (Å²) >= 11 is 0. The minimum absolute atomic E-state index is 0.0634. The SMILES string of the molecule is N#CCC1(CS(=O)(=O)N2CC=C(c3cc(N(C=O)C4CC4)nc4[nH]ccc34)CC2)CC1. The summed E-state index contributed by atoms with van der Waals surface area (Å²) in [6.07, 6.45) is 9.15. The molecular weight excluding hydrogens is 414 g/mol. The molecule has 8 nitrogen and oxygen atoms in total. The van der Waals surface area contributed by atoms with E-state index in [2.05, 4.69) is 16.0 Å². The fraction of sp³-hybridized carbons (Fsp3) is 0.500. The lowest BCUT2D eigenvalue weighted by Crippen LogP contribution is -2.38. The number of aromatic nitrogens is 2. The van der Waals surface area contributed by atoms with Gasteiger partial charge >= 0.3 is 0 Å². The largest absolute Gasteiger partial charge is 0.346 e. The highest BCUT2D eigenvalue weighted by molar-refractivity contribution is 7.89. The Morgan fingerprint density at radius 1 is 1.39 bits per heavy atom. The summed E-state index contributed by atoms with van der Waals surface area (Å²) in [7, 11) is -3.40. The van der Waals surface area contributed by atoms with Gasteiger partial charge in [-0.1, -0.05) is 6.08 Å². The number of nitrogens with one attached hydrogen (secondary N) is 1. The molecule has 162 valence electrons. The van der Waals surface area contributed by atoms with Crippen LogP contribution in [0.15, 0.2) is 24.4 Å². The standard InChI is InChI=1S/C22H25N5O3S/c23-9-8-22(6-7-22)14-31(29,30)26-11-4-16(5-12-26)19-13-20(27(15-28)17-1-2-17)25-21-18(19)3-10-24-21/h3-4,10,13,15,17H,1-2,5-8,11-12,14H2,(H,24,25). The number of nitriles is 1. The average molecular weight is 440 g/mol. The number of hydrogen-bond donors (Lipinski definition) is 1. The fourth-order valence-corrected chi connectivity index (χ4v) is 6.46. The Bertz CT molecular complexity index is 1200. The van der Waals surface area contributed by atoms with E-state index in [4.69, 9.17) is 5.26 Å². The van der Waals surface area contributed by atoms with Crippen LogP contribution < -0.4 is 4.90 Å². The topological polar surface area (TPSA) is 110 Å². The lowest BCUT2D eigenvalue weighted by molar-refractivity contribution is -0.107. The summed E-state index contributed by atoms with van der Waals surface area (Å²) in [5, 5.41) is 9.97. The second kappa shape index (κ2) is 7.46. The molecule has 0 atom stereocenters. The lowest BCUT2D eigenvalue weighted by Gasteiger charge is -2.28. The Morgan fingerprint density at radius 2 is 2.19 bits per heavy atom. The van der Waals surface area contributed by atoms with Gasteiger partial charge in [-0.05, 0) is 60.8 Å². The molecule has 2 aromatic rings. The van der Waals surface area contributed by atoms with Gasteiger partial charge in [0, 0.05) is 37.1 Å². The van der Waals surface area contributed by atoms with E-state index in [1.165, 1.54) is 4.31 Å². The third-order valence-electron chi connectivity index (χ3n) is 6.64. The van der Waals surface area contributed by atoms with Crippen molar-refractivity contribution in [2.24, 2.45) is 5.41 Å². The van der Waals surface area contributed by atoms with Crippen molar-refractivity contribution in [3.05, 3.63) is 30.0 Å². The van der Waals surface area contributed by atoms with Gasteiger partial charge in [0.2, 0.25) is 16.4 Å². The second-order valence-electron chi connectivity index (χ2n) is 8.94. The first-order chi connectivity index (χ1) is 14.9. The number of rotatable bonds is 8. The van der Waals surface area contributed by atoms with Crippen LogP contribution in [0.25, 0.3) is 16.6 Å². The van der Waals surface area contributed by atoms with E-state index in [0.717, 1.165) is 54.3 Å². The maximum absolute atomic E-state index is 12.9. The van der Waals surface area contributed by atoms with Crippen LogP contribution in [0.5, 0.6) is 0 Å². The summed E-state index contributed by atoms with van der Waals surface area (Å²) in [5.74, 6) is 0.694. The van der Waals surface area contributed by atoms with Crippen molar-refractivity contribution in [2.45, 2.75) is 44.6 Å². The predicted molar refractivity (Wildman–Crippen MR) is 118 cm³/mol. The van der Waals surface area contributed by atoms with Crippen LogP contribution in [-0.2, 0) is 14.8 Å². The molecule has 2 aliphatic carbocycles. The average Bonchev–Trinajstić information content (AvgIpc) is 3.67. The molecule has 3 heterocycles. The summed E-state index contributed by atoms with van der Waals surface area (Å²) in [6, 6.07) is 6.27. The molecule has 5 rings (SSSR count). The minimum atomic E-state index is -3.40. The molecule has 0 saturated heterocycles. The minimum Gasteiger partial charge on any atom is -0.346 e. The molecule has 31 heavy (non-hydrogen) atoms. The maximum atomic E-state index is 12.9. The van der Waals surface area contributed by atoms with Crippen molar-refractivity contribution in [1.82, 2.24) is 14.3 Å². The first-order valence-electron chi connectivity index (χ1n) is 10.7. The van der Waals surface area contributed by atoms with Gasteiger partial charge in [0.25, 0.3) is 0 Å². The Kier molecular flexibility index (Phi) is 4.87. The number of carbonyl (C=O) groups excluding carboxylic acids is 1. The number of carbonyl (C=O) groups is 1. The third kappa shape index (κ3) is 3.86. The third-order valence-corrected chi connectivity index (χ3v) is 8.74. The van der Waals surface area contributed by atoms with Crippen molar-refractivity contribution in [3.8, 4) is 6.07 Å². The zero-order valence-corrected chi connectivity index (χ0v) is 18.1. The molecule has 0 bridgehead atoms. The van der Waals surface area contributed by atoms with E-state index >= 15 is 0 Å². The van der Waals surface area contributed by atoms with E-state index in [1.807, 2.05) is 24.4 Å². The number of amides is 1. The molecule has 1 N–H and O–H groups in total. The highest BCUT2D eigenvalue weighted by atomic mass is 32.2. The number of anilines is 1. The first kappa shape index (κ1) is 20.2. The van der Waals surface area contributed by atoms with Crippen molar-refractivity contribution in [1.29, 1.82) is 5.26 Å². The Balaban J connectivity index is 1.40. The number of fused-ring (bicyclic) bond motifs is 1. The summed E-state index contributed by atoms with van der Waals surface area (Å²) in [6.45, 7) is 0.740. The van der Waals surface area contributed by atoms with Gasteiger partial charge in [-0.25, -0.2) is 13.4 Å². The zero-order valence-electron chi connectivity index (χ0n) is 17.2. The fourth-order valence-electron chi connectivity index (χ4n) is 4.44. The predicted octanol–water partition coefficient (Wildman–Crippen LogP) is 2.80. The number of sulfonamides is 1. The zero-order chi connectivity index (χ0) is 21.6. The Hall–Kier alpha value is -2.70. The van der Waals surface area contributed by atoms with Crippen molar-refractivity contribution in [3.63, 3.8) is 0 Å². The first-order valence-corrected chi connectivity index (χ1v) is 12.3. The summed E-state index contributed by atoms with van der Waals surface area (Å²) in [5.41, 5.74) is 2.45. The Labute approximate surface area is 181 Å². The molecule has 2 saturated carbocycles. The molecule has 0 radical (unpaired) electrons. The number of nitrogens with zero attached hydrogens (tertiary/aromatic N) is 4. The molecule has 2 fully saturated rings. The van der Waals surface area contributed by atoms with Crippen LogP contribution in [0.1, 0.15) is 44.1 Å². The summed E-state index contributed by atoms with van der Waals surface area (Å²) in [4.78, 5) is 21.1. The van der Waals surface area contributed by atoms with Gasteiger partial charge in [0.05, 0.1) is 11.8 Å². The van der Waals surface area contributed by atoms with Gasteiger partial charge in [0.1, 0.15) is 11.5 Å². The normalized spacial score (nSPS) is 20.8. The van der Waals surface area contributed by atoms with Gasteiger partial charge < -0.3 is 4.98 Å². The lowest BCUT2D eigenvalue weighted by atomic mass is 9.98. The van der Waals surface area contributed by atoms with E-state index in [0.29, 0.717) is 31.7 Å². The van der Waals surface area contributed by atoms with Crippen LogP contribution in [0, 0.1) is 16.7 Å². The molecular formula is C22H25N5O3S. The van der Waals surface area contributed by atoms with Crippen LogP contribution >= 0.6 is 0 Å². The van der Waals surface area contributed by atoms with E-state index in [-0.39, 0.29) is 17.2 Å². The van der Waals surface area contributed by atoms with Crippen molar-refractivity contribution < 1.29 is 13.2 Å². The number of pyridine rings is 1. The van der Waals surface area contributed by atoms with E-state index in [9.17, 15) is 13.2 Å². The van der Waals surface area contributed by atoms with Gasteiger partial charge in [-0.3, -0.25) is 9.69 Å². The van der Waals surface area contributed by atoms with Crippen LogP contribution in [0.2, 0.25) is 0 Å². The monoisotopic (exact) mass is 439 g/mol. The maximum Gasteiger partial charge on any atom is 0.215 e. The molecule has 0 spiro atoms. The highest BCUT2D eigenvalue weighted by Gasteiger charge is 2.47. The van der Waals surface area contributed by atoms with Gasteiger partial charge in [0.15, 0.2) is 0 Å². The van der Waals surface area contributed by atoms with Gasteiger partial charge in [-0.15, -0.1) is 0 Å². The van der Waals surface area contributed by atoms with Crippen LogP contribution in [0.3, 0.4) is 0 Å². The second-order valence-corrected chi connectivity index (χ2v) is 10.9. The number of hydrogen-bond acceptors (Lipinski definition) is 5. The van der Waals surface area contributed by atoms with E-state index in [1.54, 1.807) is 4.90 Å². The van der Waals surface area contributed by atoms with Crippen LogP contribution in [-0.4, -0.2) is 54.0 Å². The molecule has 3 aliphatic rings. The molecule has 9 heteroatoms.